The van der Waals surface area contributed by atoms with Gasteiger partial charge in [0.25, 0.3) is 0 Å². The lowest BCUT2D eigenvalue weighted by molar-refractivity contribution is 0.541. The topological polar surface area (TPSA) is 17.3 Å². The van der Waals surface area contributed by atoms with Crippen molar-refractivity contribution in [2.45, 2.75) is 0 Å². The zero-order chi connectivity index (χ0) is 7.84. The van der Waals surface area contributed by atoms with Gasteiger partial charge in [-0.05, 0) is 0 Å². The largest absolute Gasteiger partial charge is 0.276 e. The number of halogens is 2. The van der Waals surface area contributed by atoms with Crippen molar-refractivity contribution >= 4 is 5.65 Å². The first-order valence-corrected chi connectivity index (χ1v) is 3.05. The van der Waals surface area contributed by atoms with Crippen LogP contribution in [0, 0.1) is 11.8 Å². The van der Waals surface area contributed by atoms with Crippen molar-refractivity contribution < 1.29 is 8.78 Å². The third-order valence-electron chi connectivity index (χ3n) is 1.42. The standard InChI is InChI=1S/C7H4F2N2/c8-5-3-6(9)11-2-1-10-7(11)4-5/h1-4H. The van der Waals surface area contributed by atoms with Gasteiger partial charge < -0.3 is 0 Å². The molecule has 0 saturated heterocycles. The number of fused-ring (bicyclic) bond motifs is 1. The lowest BCUT2D eigenvalue weighted by Gasteiger charge is -1.94. The van der Waals surface area contributed by atoms with Crippen LogP contribution in [-0.4, -0.2) is 9.38 Å². The van der Waals surface area contributed by atoms with Gasteiger partial charge in [-0.3, -0.25) is 4.40 Å². The molecule has 0 atom stereocenters. The smallest absolute Gasteiger partial charge is 0.202 e. The highest BCUT2D eigenvalue weighted by molar-refractivity contribution is 5.38. The van der Waals surface area contributed by atoms with Crippen molar-refractivity contribution in [3.63, 3.8) is 0 Å². The monoisotopic (exact) mass is 154 g/mol. The summed E-state index contributed by atoms with van der Waals surface area (Å²) in [7, 11) is 0. The van der Waals surface area contributed by atoms with Crippen LogP contribution in [0.3, 0.4) is 0 Å². The van der Waals surface area contributed by atoms with E-state index in [9.17, 15) is 8.78 Å². The Labute approximate surface area is 61.1 Å². The summed E-state index contributed by atoms with van der Waals surface area (Å²) in [4.78, 5) is 3.72. The van der Waals surface area contributed by atoms with E-state index in [-0.39, 0.29) is 5.65 Å². The zero-order valence-corrected chi connectivity index (χ0v) is 5.46. The third kappa shape index (κ3) is 0.869. The van der Waals surface area contributed by atoms with Crippen molar-refractivity contribution in [3.05, 3.63) is 36.3 Å². The molecule has 0 aromatic carbocycles. The Morgan fingerprint density at radius 1 is 1.27 bits per heavy atom. The molecule has 0 spiro atoms. The molecule has 2 nitrogen and oxygen atoms in total. The van der Waals surface area contributed by atoms with Gasteiger partial charge in [0, 0.05) is 24.5 Å². The van der Waals surface area contributed by atoms with Crippen LogP contribution in [0.25, 0.3) is 5.65 Å². The normalized spacial score (nSPS) is 10.7. The first kappa shape index (κ1) is 6.27. The molecule has 2 aromatic rings. The lowest BCUT2D eigenvalue weighted by Crippen LogP contribution is -1.91. The Bertz CT molecular complexity index is 394. The molecule has 0 radical (unpaired) electrons. The van der Waals surface area contributed by atoms with Crippen molar-refractivity contribution in [1.29, 1.82) is 0 Å². The van der Waals surface area contributed by atoms with E-state index in [1.54, 1.807) is 0 Å². The SMILES string of the molecule is Fc1cc(F)n2ccnc2c1. The predicted molar refractivity (Wildman–Crippen MR) is 35.1 cm³/mol. The summed E-state index contributed by atoms with van der Waals surface area (Å²) in [6.45, 7) is 0. The molecular weight excluding hydrogens is 150 g/mol. The number of aromatic nitrogens is 2. The van der Waals surface area contributed by atoms with E-state index in [4.69, 9.17) is 0 Å². The molecule has 11 heavy (non-hydrogen) atoms. The van der Waals surface area contributed by atoms with Gasteiger partial charge in [-0.1, -0.05) is 0 Å². The molecule has 0 bridgehead atoms. The number of nitrogens with zero attached hydrogens (tertiary/aromatic N) is 2. The van der Waals surface area contributed by atoms with Gasteiger partial charge in [0.1, 0.15) is 11.5 Å². The van der Waals surface area contributed by atoms with Gasteiger partial charge in [0.2, 0.25) is 5.95 Å². The maximum Gasteiger partial charge on any atom is 0.202 e. The molecule has 4 heteroatoms. The van der Waals surface area contributed by atoms with Crippen LogP contribution in [0.2, 0.25) is 0 Å². The minimum Gasteiger partial charge on any atom is -0.276 e. The molecule has 0 aliphatic carbocycles. The van der Waals surface area contributed by atoms with Gasteiger partial charge in [-0.2, -0.15) is 4.39 Å². The Kier molecular flexibility index (Phi) is 1.15. The van der Waals surface area contributed by atoms with E-state index in [0.717, 1.165) is 6.07 Å². The molecule has 0 saturated carbocycles. The van der Waals surface area contributed by atoms with Crippen LogP contribution in [0.4, 0.5) is 8.78 Å². The van der Waals surface area contributed by atoms with E-state index in [1.165, 1.54) is 22.9 Å². The quantitative estimate of drug-likeness (QED) is 0.527. The average Bonchev–Trinajstić information content (AvgIpc) is 2.34. The molecule has 0 amide bonds. The first-order valence-electron chi connectivity index (χ1n) is 3.05. The summed E-state index contributed by atoms with van der Waals surface area (Å²) in [5.74, 6) is -1.25. The highest BCUT2D eigenvalue weighted by Gasteiger charge is 2.01. The van der Waals surface area contributed by atoms with Crippen LogP contribution >= 0.6 is 0 Å². The molecule has 56 valence electrons. The maximum absolute atomic E-state index is 12.8. The van der Waals surface area contributed by atoms with Gasteiger partial charge in [-0.25, -0.2) is 9.37 Å². The van der Waals surface area contributed by atoms with Gasteiger partial charge >= 0.3 is 0 Å². The molecule has 0 fully saturated rings. The summed E-state index contributed by atoms with van der Waals surface area (Å²) in [6, 6.07) is 1.98. The molecule has 0 aliphatic rings. The average molecular weight is 154 g/mol. The van der Waals surface area contributed by atoms with E-state index in [2.05, 4.69) is 4.98 Å². The number of pyridine rings is 1. The minimum absolute atomic E-state index is 0.280. The highest BCUT2D eigenvalue weighted by Crippen LogP contribution is 2.07. The number of imidazole rings is 1. The molecule has 0 N–H and O–H groups in total. The second kappa shape index (κ2) is 2.02. The summed E-state index contributed by atoms with van der Waals surface area (Å²) in [5.41, 5.74) is 0.280. The summed E-state index contributed by atoms with van der Waals surface area (Å²) in [6.07, 6.45) is 2.85. The van der Waals surface area contributed by atoms with Crippen LogP contribution < -0.4 is 0 Å². The maximum atomic E-state index is 12.8. The van der Waals surface area contributed by atoms with Crippen molar-refractivity contribution in [2.24, 2.45) is 0 Å². The second-order valence-electron chi connectivity index (χ2n) is 2.15. The zero-order valence-electron chi connectivity index (χ0n) is 5.46. The number of rotatable bonds is 0. The number of hydrogen-bond acceptors (Lipinski definition) is 1. The van der Waals surface area contributed by atoms with Crippen molar-refractivity contribution in [1.82, 2.24) is 9.38 Å². The van der Waals surface area contributed by atoms with Gasteiger partial charge in [-0.15, -0.1) is 0 Å². The Hall–Kier alpha value is -1.45. The van der Waals surface area contributed by atoms with E-state index in [1.807, 2.05) is 0 Å². The fourth-order valence-corrected chi connectivity index (χ4v) is 0.951. The molecule has 0 aliphatic heterocycles. The van der Waals surface area contributed by atoms with Crippen LogP contribution in [0.1, 0.15) is 0 Å². The Morgan fingerprint density at radius 3 is 2.91 bits per heavy atom. The summed E-state index contributed by atoms with van der Waals surface area (Å²) in [5, 5.41) is 0. The summed E-state index contributed by atoms with van der Waals surface area (Å²) < 4.78 is 26.4. The molecular formula is C7H4F2N2. The van der Waals surface area contributed by atoms with E-state index >= 15 is 0 Å². The van der Waals surface area contributed by atoms with E-state index in [0.29, 0.717) is 0 Å². The van der Waals surface area contributed by atoms with Crippen molar-refractivity contribution in [2.75, 3.05) is 0 Å². The fraction of sp³-hybridized carbons (Fsp3) is 0. The van der Waals surface area contributed by atoms with Gasteiger partial charge in [0.05, 0.1) is 0 Å². The molecule has 2 aromatic heterocycles. The van der Waals surface area contributed by atoms with Crippen molar-refractivity contribution in [3.8, 4) is 0 Å². The first-order chi connectivity index (χ1) is 5.27. The van der Waals surface area contributed by atoms with Crippen LogP contribution in [-0.2, 0) is 0 Å². The number of hydrogen-bond donors (Lipinski definition) is 0. The Morgan fingerprint density at radius 2 is 2.09 bits per heavy atom. The Balaban J connectivity index is 2.91. The van der Waals surface area contributed by atoms with Gasteiger partial charge in [0.15, 0.2) is 0 Å². The summed E-state index contributed by atoms with van der Waals surface area (Å²) >= 11 is 0. The minimum atomic E-state index is -0.641. The lowest BCUT2D eigenvalue weighted by atomic mass is 10.4. The third-order valence-corrected chi connectivity index (χ3v) is 1.42. The molecule has 2 rings (SSSR count). The fourth-order valence-electron chi connectivity index (χ4n) is 0.951. The predicted octanol–water partition coefficient (Wildman–Crippen LogP) is 1.61. The highest BCUT2D eigenvalue weighted by atomic mass is 19.1. The molecule has 2 heterocycles. The molecule has 0 unspecified atom stereocenters. The van der Waals surface area contributed by atoms with Crippen LogP contribution in [0.5, 0.6) is 0 Å². The second-order valence-corrected chi connectivity index (χ2v) is 2.15. The van der Waals surface area contributed by atoms with E-state index < -0.39 is 11.8 Å². The van der Waals surface area contributed by atoms with Crippen LogP contribution in [0.15, 0.2) is 24.5 Å².